The van der Waals surface area contributed by atoms with Gasteiger partial charge in [-0.1, -0.05) is 69.4 Å². The van der Waals surface area contributed by atoms with Gasteiger partial charge in [0.2, 0.25) is 0 Å². The molecule has 0 aromatic heterocycles. The smallest absolute Gasteiger partial charge is 0.0689 e. The summed E-state index contributed by atoms with van der Waals surface area (Å²) >= 11 is 0. The van der Waals surface area contributed by atoms with Gasteiger partial charge in [0.05, 0.1) is 6.04 Å². The van der Waals surface area contributed by atoms with E-state index >= 15 is 0 Å². The van der Waals surface area contributed by atoms with Gasteiger partial charge in [-0.2, -0.15) is 0 Å². The summed E-state index contributed by atoms with van der Waals surface area (Å²) in [7, 11) is 0. The highest BCUT2D eigenvalue weighted by molar-refractivity contribution is 5.19. The summed E-state index contributed by atoms with van der Waals surface area (Å²) in [4.78, 5) is 0. The molecule has 0 saturated carbocycles. The zero-order valence-corrected chi connectivity index (χ0v) is 11.7. The Morgan fingerprint density at radius 3 is 2.44 bits per heavy atom. The highest BCUT2D eigenvalue weighted by atomic mass is 14.9. The Balaban J connectivity index is 2.66. The average molecular weight is 243 g/mol. The van der Waals surface area contributed by atoms with E-state index in [1.807, 2.05) is 0 Å². The molecule has 18 heavy (non-hydrogen) atoms. The highest BCUT2D eigenvalue weighted by Gasteiger charge is 2.13. The minimum Gasteiger partial charge on any atom is -0.297 e. The van der Waals surface area contributed by atoms with Gasteiger partial charge >= 0.3 is 0 Å². The Hall–Kier alpha value is -1.26. The van der Waals surface area contributed by atoms with Crippen molar-refractivity contribution in [2.45, 2.75) is 58.0 Å². The lowest BCUT2D eigenvalue weighted by atomic mass is 9.99. The molecular weight excluding hydrogens is 218 g/mol. The quantitative estimate of drug-likeness (QED) is 0.530. The van der Waals surface area contributed by atoms with E-state index in [4.69, 9.17) is 6.42 Å². The predicted molar refractivity (Wildman–Crippen MR) is 79.4 cm³/mol. The molecule has 2 atom stereocenters. The number of hydrogen-bond acceptors (Lipinski definition) is 1. The average Bonchev–Trinajstić information content (AvgIpc) is 2.44. The van der Waals surface area contributed by atoms with Crippen molar-refractivity contribution in [3.05, 3.63) is 35.9 Å². The first-order valence-electron chi connectivity index (χ1n) is 7.08. The molecule has 0 spiro atoms. The Bertz CT molecular complexity index is 350. The van der Waals surface area contributed by atoms with Gasteiger partial charge in [-0.3, -0.25) is 5.32 Å². The van der Waals surface area contributed by atoms with Gasteiger partial charge in [-0.05, 0) is 18.4 Å². The van der Waals surface area contributed by atoms with Gasteiger partial charge < -0.3 is 0 Å². The lowest BCUT2D eigenvalue weighted by Crippen LogP contribution is -2.31. The van der Waals surface area contributed by atoms with Crippen molar-refractivity contribution in [2.24, 2.45) is 0 Å². The molecule has 1 heteroatoms. The van der Waals surface area contributed by atoms with Crippen LogP contribution in [-0.4, -0.2) is 6.04 Å². The van der Waals surface area contributed by atoms with Crippen LogP contribution < -0.4 is 5.32 Å². The standard InChI is InChI=1S/C17H25N/c1-4-7-9-14-17(18-16(5-2)6-3)15-12-10-8-11-13-15/h2,8,10-13,16-18H,4,6-7,9,14H2,1,3H3. The summed E-state index contributed by atoms with van der Waals surface area (Å²) in [5.41, 5.74) is 1.35. The topological polar surface area (TPSA) is 12.0 Å². The van der Waals surface area contributed by atoms with E-state index in [2.05, 4.69) is 55.4 Å². The van der Waals surface area contributed by atoms with Gasteiger partial charge in [0.1, 0.15) is 0 Å². The molecule has 1 nitrogen and oxygen atoms in total. The first-order chi connectivity index (χ1) is 8.81. The minimum atomic E-state index is 0.178. The zero-order valence-electron chi connectivity index (χ0n) is 11.7. The number of rotatable bonds is 8. The van der Waals surface area contributed by atoms with Crippen molar-refractivity contribution in [1.29, 1.82) is 0 Å². The molecule has 1 aromatic rings. The van der Waals surface area contributed by atoms with Gasteiger partial charge in [-0.25, -0.2) is 0 Å². The molecule has 1 rings (SSSR count). The van der Waals surface area contributed by atoms with E-state index in [0.29, 0.717) is 6.04 Å². The maximum atomic E-state index is 5.55. The monoisotopic (exact) mass is 243 g/mol. The van der Waals surface area contributed by atoms with Crippen molar-refractivity contribution in [1.82, 2.24) is 5.32 Å². The molecule has 0 aliphatic heterocycles. The first kappa shape index (κ1) is 14.8. The molecule has 0 fully saturated rings. The fourth-order valence-corrected chi connectivity index (χ4v) is 2.16. The molecule has 1 aromatic carbocycles. The molecule has 0 aliphatic rings. The highest BCUT2D eigenvalue weighted by Crippen LogP contribution is 2.20. The van der Waals surface area contributed by atoms with Crippen LogP contribution in [0.15, 0.2) is 30.3 Å². The molecule has 0 heterocycles. The summed E-state index contributed by atoms with van der Waals surface area (Å²) in [6, 6.07) is 11.2. The fraction of sp³-hybridized carbons (Fsp3) is 0.529. The van der Waals surface area contributed by atoms with Crippen molar-refractivity contribution in [2.75, 3.05) is 0 Å². The van der Waals surface area contributed by atoms with E-state index in [1.165, 1.54) is 24.8 Å². The van der Waals surface area contributed by atoms with Crippen molar-refractivity contribution in [3.8, 4) is 12.3 Å². The SMILES string of the molecule is C#CC(CC)NC(CCCCC)c1ccccc1. The summed E-state index contributed by atoms with van der Waals surface area (Å²) in [6.45, 7) is 4.37. The normalized spacial score (nSPS) is 13.8. The second-order valence-corrected chi connectivity index (χ2v) is 4.75. The van der Waals surface area contributed by atoms with Crippen LogP contribution in [0, 0.1) is 12.3 Å². The number of unbranched alkanes of at least 4 members (excludes halogenated alkanes) is 2. The second kappa shape index (κ2) is 8.78. The molecule has 98 valence electrons. The second-order valence-electron chi connectivity index (χ2n) is 4.75. The number of nitrogens with one attached hydrogen (secondary N) is 1. The largest absolute Gasteiger partial charge is 0.297 e. The van der Waals surface area contributed by atoms with Crippen LogP contribution in [0.4, 0.5) is 0 Å². The predicted octanol–water partition coefficient (Wildman–Crippen LogP) is 4.31. The fourth-order valence-electron chi connectivity index (χ4n) is 2.16. The molecule has 0 amide bonds. The van der Waals surface area contributed by atoms with Crippen molar-refractivity contribution < 1.29 is 0 Å². The summed E-state index contributed by atoms with van der Waals surface area (Å²) in [5, 5.41) is 3.59. The van der Waals surface area contributed by atoms with Gasteiger partial charge in [0.15, 0.2) is 0 Å². The van der Waals surface area contributed by atoms with Crippen LogP contribution >= 0.6 is 0 Å². The van der Waals surface area contributed by atoms with Crippen LogP contribution in [0.2, 0.25) is 0 Å². The molecule has 1 N–H and O–H groups in total. The van der Waals surface area contributed by atoms with Crippen LogP contribution in [0.5, 0.6) is 0 Å². The van der Waals surface area contributed by atoms with E-state index in [9.17, 15) is 0 Å². The Kier molecular flexibility index (Phi) is 7.22. The van der Waals surface area contributed by atoms with Crippen LogP contribution in [0.3, 0.4) is 0 Å². The maximum absolute atomic E-state index is 5.55. The lowest BCUT2D eigenvalue weighted by Gasteiger charge is -2.22. The molecule has 0 aliphatic carbocycles. The van der Waals surface area contributed by atoms with Crippen molar-refractivity contribution >= 4 is 0 Å². The van der Waals surface area contributed by atoms with E-state index in [-0.39, 0.29) is 6.04 Å². The van der Waals surface area contributed by atoms with Crippen molar-refractivity contribution in [3.63, 3.8) is 0 Å². The minimum absolute atomic E-state index is 0.178. The number of terminal acetylenes is 1. The third-order valence-electron chi connectivity index (χ3n) is 3.31. The maximum Gasteiger partial charge on any atom is 0.0689 e. The molecule has 0 saturated heterocycles. The molecule has 0 bridgehead atoms. The van der Waals surface area contributed by atoms with Gasteiger partial charge in [-0.15, -0.1) is 6.42 Å². The van der Waals surface area contributed by atoms with Crippen LogP contribution in [-0.2, 0) is 0 Å². The molecular formula is C17H25N. The summed E-state index contributed by atoms with van der Waals surface area (Å²) < 4.78 is 0. The molecule has 2 unspecified atom stereocenters. The molecule has 0 radical (unpaired) electrons. The third kappa shape index (κ3) is 4.94. The van der Waals surface area contributed by atoms with E-state index < -0.39 is 0 Å². The van der Waals surface area contributed by atoms with Gasteiger partial charge in [0, 0.05) is 6.04 Å². The summed E-state index contributed by atoms with van der Waals surface area (Å²) in [5.74, 6) is 2.83. The lowest BCUT2D eigenvalue weighted by molar-refractivity contribution is 0.440. The number of benzene rings is 1. The van der Waals surface area contributed by atoms with Gasteiger partial charge in [0.25, 0.3) is 0 Å². The third-order valence-corrected chi connectivity index (χ3v) is 3.31. The Morgan fingerprint density at radius 1 is 1.17 bits per heavy atom. The summed E-state index contributed by atoms with van der Waals surface area (Å²) in [6.07, 6.45) is 11.5. The Labute approximate surface area is 112 Å². The Morgan fingerprint density at radius 2 is 1.89 bits per heavy atom. The van der Waals surface area contributed by atoms with E-state index in [1.54, 1.807) is 0 Å². The van der Waals surface area contributed by atoms with E-state index in [0.717, 1.165) is 12.8 Å². The number of hydrogen-bond donors (Lipinski definition) is 1. The zero-order chi connectivity index (χ0) is 13.2. The van der Waals surface area contributed by atoms with Crippen LogP contribution in [0.1, 0.15) is 57.6 Å². The first-order valence-corrected chi connectivity index (χ1v) is 7.08. The van der Waals surface area contributed by atoms with Crippen LogP contribution in [0.25, 0.3) is 0 Å².